The van der Waals surface area contributed by atoms with Gasteiger partial charge >= 0.3 is 5.97 Å². The third-order valence-electron chi connectivity index (χ3n) is 4.45. The smallest absolute Gasteiger partial charge is 0.337 e. The standard InChI is InChI=1S/C22H20F2N2O2/c1-22(23,24)18-5-3-4-14(11-18)10-15-6-7-17(21(27)28-2)12-19(15)16-8-9-26-20(25)13-16/h3-9,11-13H,10H2,1-2H3,(H2,25,26). The molecule has 4 nitrogen and oxygen atoms in total. The Morgan fingerprint density at radius 2 is 1.93 bits per heavy atom. The summed E-state index contributed by atoms with van der Waals surface area (Å²) in [5, 5.41) is 0. The summed E-state index contributed by atoms with van der Waals surface area (Å²) >= 11 is 0. The van der Waals surface area contributed by atoms with Crippen LogP contribution in [-0.4, -0.2) is 18.1 Å². The first kappa shape index (κ1) is 19.5. The van der Waals surface area contributed by atoms with E-state index >= 15 is 0 Å². The highest BCUT2D eigenvalue weighted by atomic mass is 19.3. The van der Waals surface area contributed by atoms with Gasteiger partial charge in [0.15, 0.2) is 0 Å². The van der Waals surface area contributed by atoms with E-state index in [1.165, 1.54) is 19.2 Å². The number of nitrogen functional groups attached to an aromatic ring is 1. The fourth-order valence-corrected chi connectivity index (χ4v) is 3.03. The van der Waals surface area contributed by atoms with E-state index in [9.17, 15) is 13.6 Å². The second kappa shape index (κ2) is 7.76. The number of benzene rings is 2. The van der Waals surface area contributed by atoms with Crippen LogP contribution in [0.2, 0.25) is 0 Å². The number of anilines is 1. The molecule has 3 aromatic rings. The lowest BCUT2D eigenvalue weighted by Gasteiger charge is -2.15. The Morgan fingerprint density at radius 3 is 2.61 bits per heavy atom. The molecule has 1 aromatic heterocycles. The van der Waals surface area contributed by atoms with E-state index < -0.39 is 11.9 Å². The van der Waals surface area contributed by atoms with Crippen molar-refractivity contribution in [2.45, 2.75) is 19.3 Å². The number of alkyl halides is 2. The molecule has 0 atom stereocenters. The molecule has 0 saturated carbocycles. The van der Waals surface area contributed by atoms with E-state index in [1.807, 2.05) is 0 Å². The molecule has 1 heterocycles. The molecule has 28 heavy (non-hydrogen) atoms. The van der Waals surface area contributed by atoms with Crippen LogP contribution in [0.5, 0.6) is 0 Å². The SMILES string of the molecule is COC(=O)c1ccc(Cc2cccc(C(C)(F)F)c2)c(-c2ccnc(N)c2)c1. The summed E-state index contributed by atoms with van der Waals surface area (Å²) in [6.45, 7) is 0.877. The van der Waals surface area contributed by atoms with Gasteiger partial charge < -0.3 is 10.5 Å². The Balaban J connectivity index is 2.07. The maximum atomic E-state index is 13.7. The Kier molecular flexibility index (Phi) is 5.40. The zero-order valence-corrected chi connectivity index (χ0v) is 15.6. The number of aromatic nitrogens is 1. The molecule has 0 aliphatic carbocycles. The molecule has 0 saturated heterocycles. The second-order valence-corrected chi connectivity index (χ2v) is 6.60. The number of esters is 1. The average molecular weight is 382 g/mol. The summed E-state index contributed by atoms with van der Waals surface area (Å²) in [7, 11) is 1.32. The molecule has 0 aliphatic rings. The molecule has 144 valence electrons. The molecule has 2 N–H and O–H groups in total. The van der Waals surface area contributed by atoms with Gasteiger partial charge in [-0.05, 0) is 59.0 Å². The quantitative estimate of drug-likeness (QED) is 0.643. The van der Waals surface area contributed by atoms with E-state index in [-0.39, 0.29) is 5.56 Å². The highest BCUT2D eigenvalue weighted by Gasteiger charge is 2.24. The van der Waals surface area contributed by atoms with Gasteiger partial charge in [0.25, 0.3) is 5.92 Å². The lowest BCUT2D eigenvalue weighted by molar-refractivity contribution is 0.0174. The number of nitrogens with two attached hydrogens (primary N) is 1. The third kappa shape index (κ3) is 4.34. The molecule has 0 radical (unpaired) electrons. The molecule has 0 spiro atoms. The Bertz CT molecular complexity index is 1010. The first-order valence-electron chi connectivity index (χ1n) is 8.68. The summed E-state index contributed by atoms with van der Waals surface area (Å²) in [6.07, 6.45) is 2.00. The first-order chi connectivity index (χ1) is 13.3. The van der Waals surface area contributed by atoms with Crippen LogP contribution in [0, 0.1) is 0 Å². The lowest BCUT2D eigenvalue weighted by Crippen LogP contribution is -2.07. The molecule has 0 fully saturated rings. The molecule has 0 aliphatic heterocycles. The predicted molar refractivity (Wildman–Crippen MR) is 104 cm³/mol. The van der Waals surface area contributed by atoms with Crippen LogP contribution in [0.1, 0.15) is 34.0 Å². The summed E-state index contributed by atoms with van der Waals surface area (Å²) in [4.78, 5) is 15.9. The van der Waals surface area contributed by atoms with Gasteiger partial charge in [-0.1, -0.05) is 24.3 Å². The van der Waals surface area contributed by atoms with Crippen LogP contribution in [-0.2, 0) is 17.1 Å². The molecule has 0 unspecified atom stereocenters. The fraction of sp³-hybridized carbons (Fsp3) is 0.182. The maximum Gasteiger partial charge on any atom is 0.337 e. The third-order valence-corrected chi connectivity index (χ3v) is 4.45. The number of methoxy groups -OCH3 is 1. The average Bonchev–Trinajstić information content (AvgIpc) is 2.67. The number of hydrogen-bond acceptors (Lipinski definition) is 4. The first-order valence-corrected chi connectivity index (χ1v) is 8.68. The molecule has 2 aromatic carbocycles. The van der Waals surface area contributed by atoms with Gasteiger partial charge in [0, 0.05) is 18.7 Å². The molecule has 0 bridgehead atoms. The number of pyridine rings is 1. The van der Waals surface area contributed by atoms with Gasteiger partial charge in [-0.25, -0.2) is 18.6 Å². The highest BCUT2D eigenvalue weighted by molar-refractivity contribution is 5.91. The molecular formula is C22H20F2N2O2. The van der Waals surface area contributed by atoms with Crippen molar-refractivity contribution in [3.8, 4) is 11.1 Å². The number of rotatable bonds is 5. The van der Waals surface area contributed by atoms with Crippen LogP contribution < -0.4 is 5.73 Å². The van der Waals surface area contributed by atoms with Crippen LogP contribution in [0.4, 0.5) is 14.6 Å². The fourth-order valence-electron chi connectivity index (χ4n) is 3.03. The second-order valence-electron chi connectivity index (χ2n) is 6.60. The van der Waals surface area contributed by atoms with Crippen molar-refractivity contribution in [1.29, 1.82) is 0 Å². The number of nitrogens with zero attached hydrogens (tertiary/aromatic N) is 1. The van der Waals surface area contributed by atoms with E-state index in [0.29, 0.717) is 17.8 Å². The van der Waals surface area contributed by atoms with Crippen molar-refractivity contribution < 1.29 is 18.3 Å². The van der Waals surface area contributed by atoms with E-state index in [1.54, 1.807) is 48.7 Å². The van der Waals surface area contributed by atoms with E-state index in [4.69, 9.17) is 10.5 Å². The zero-order chi connectivity index (χ0) is 20.3. The van der Waals surface area contributed by atoms with Crippen molar-refractivity contribution in [1.82, 2.24) is 4.98 Å². The zero-order valence-electron chi connectivity index (χ0n) is 15.6. The number of carbonyl (C=O) groups is 1. The van der Waals surface area contributed by atoms with Crippen molar-refractivity contribution in [3.05, 3.63) is 83.0 Å². The summed E-state index contributed by atoms with van der Waals surface area (Å²) in [6, 6.07) is 15.0. The van der Waals surface area contributed by atoms with Crippen LogP contribution in [0.25, 0.3) is 11.1 Å². The van der Waals surface area contributed by atoms with Crippen LogP contribution in [0.15, 0.2) is 60.8 Å². The van der Waals surface area contributed by atoms with Gasteiger partial charge in [-0.2, -0.15) is 0 Å². The van der Waals surface area contributed by atoms with Crippen molar-refractivity contribution in [2.75, 3.05) is 12.8 Å². The number of halogens is 2. The van der Waals surface area contributed by atoms with Gasteiger partial charge in [0.05, 0.1) is 12.7 Å². The lowest BCUT2D eigenvalue weighted by atomic mass is 9.92. The molecular weight excluding hydrogens is 362 g/mol. The minimum Gasteiger partial charge on any atom is -0.465 e. The maximum absolute atomic E-state index is 13.7. The summed E-state index contributed by atoms with van der Waals surface area (Å²) in [5.74, 6) is -3.02. The largest absolute Gasteiger partial charge is 0.465 e. The van der Waals surface area contributed by atoms with E-state index in [0.717, 1.165) is 29.2 Å². The van der Waals surface area contributed by atoms with Crippen LogP contribution >= 0.6 is 0 Å². The van der Waals surface area contributed by atoms with Gasteiger partial charge in [-0.15, -0.1) is 0 Å². The van der Waals surface area contributed by atoms with Crippen molar-refractivity contribution in [3.63, 3.8) is 0 Å². The molecule has 6 heteroatoms. The Labute approximate surface area is 162 Å². The topological polar surface area (TPSA) is 65.2 Å². The van der Waals surface area contributed by atoms with Crippen molar-refractivity contribution in [2.24, 2.45) is 0 Å². The van der Waals surface area contributed by atoms with Crippen molar-refractivity contribution >= 4 is 11.8 Å². The van der Waals surface area contributed by atoms with Gasteiger partial charge in [0.2, 0.25) is 0 Å². The monoisotopic (exact) mass is 382 g/mol. The molecule has 0 amide bonds. The van der Waals surface area contributed by atoms with Gasteiger partial charge in [-0.3, -0.25) is 0 Å². The summed E-state index contributed by atoms with van der Waals surface area (Å²) in [5.41, 5.74) is 9.33. The predicted octanol–water partition coefficient (Wildman–Crippen LogP) is 4.82. The minimum atomic E-state index is -2.91. The number of hydrogen-bond donors (Lipinski definition) is 1. The van der Waals surface area contributed by atoms with Gasteiger partial charge in [0.1, 0.15) is 5.82 Å². The summed E-state index contributed by atoms with van der Waals surface area (Å²) < 4.78 is 32.1. The van der Waals surface area contributed by atoms with Crippen LogP contribution in [0.3, 0.4) is 0 Å². The molecule has 3 rings (SSSR count). The highest BCUT2D eigenvalue weighted by Crippen LogP contribution is 2.31. The normalized spacial score (nSPS) is 11.3. The minimum absolute atomic E-state index is 0.0362. The Hall–Kier alpha value is -3.28. The Morgan fingerprint density at radius 1 is 1.14 bits per heavy atom. The van der Waals surface area contributed by atoms with E-state index in [2.05, 4.69) is 4.98 Å². The number of ether oxygens (including phenoxy) is 1. The number of carbonyl (C=O) groups excluding carboxylic acids is 1.